The molecule has 0 atom stereocenters. The van der Waals surface area contributed by atoms with Crippen LogP contribution in [0.15, 0.2) is 40.1 Å². The number of alkyl halides is 3. The van der Waals surface area contributed by atoms with Gasteiger partial charge >= 0.3 is 6.18 Å². The fraction of sp³-hybridized carbons (Fsp3) is 0.364. The number of carbonyl (C=O) groups excluding carboxylic acids is 1. The topological polar surface area (TPSA) is 114 Å². The number of carbonyl (C=O) groups is 1. The van der Waals surface area contributed by atoms with E-state index in [4.69, 9.17) is 11.6 Å². The monoisotopic (exact) mass is 605 g/mol. The Bertz CT molecular complexity index is 1430. The van der Waals surface area contributed by atoms with Gasteiger partial charge in [0.15, 0.2) is 0 Å². The highest BCUT2D eigenvalue weighted by molar-refractivity contribution is 9.10. The van der Waals surface area contributed by atoms with Gasteiger partial charge in [-0.2, -0.15) is 13.2 Å². The molecule has 1 saturated carbocycles. The molecule has 36 heavy (non-hydrogen) atoms. The maximum atomic E-state index is 13.4. The largest absolute Gasteiger partial charge is 0.433 e. The molecule has 1 fully saturated rings. The molecule has 192 valence electrons. The Morgan fingerprint density at radius 3 is 2.42 bits per heavy atom. The van der Waals surface area contributed by atoms with E-state index >= 15 is 0 Å². The molecule has 1 amide bonds. The maximum Gasteiger partial charge on any atom is 0.433 e. The third kappa shape index (κ3) is 6.06. The van der Waals surface area contributed by atoms with Gasteiger partial charge in [0.05, 0.1) is 9.99 Å². The second-order valence-corrected chi connectivity index (χ2v) is 11.7. The van der Waals surface area contributed by atoms with Gasteiger partial charge in [0.2, 0.25) is 15.0 Å². The summed E-state index contributed by atoms with van der Waals surface area (Å²) < 4.78 is 63.8. The third-order valence-corrected chi connectivity index (χ3v) is 7.43. The number of sulfone groups is 1. The first kappa shape index (κ1) is 26.6. The van der Waals surface area contributed by atoms with Crippen LogP contribution in [-0.4, -0.2) is 47.6 Å². The van der Waals surface area contributed by atoms with Crippen molar-refractivity contribution in [3.8, 4) is 0 Å². The number of pyridine rings is 1. The summed E-state index contributed by atoms with van der Waals surface area (Å²) in [4.78, 5) is 24.0. The third-order valence-electron chi connectivity index (χ3n) is 5.75. The Balaban J connectivity index is 1.45. The van der Waals surface area contributed by atoms with Crippen LogP contribution in [0.4, 0.5) is 18.9 Å². The predicted octanol–water partition coefficient (Wildman–Crippen LogP) is 5.02. The molecule has 2 N–H and O–H groups in total. The number of benzene rings is 1. The highest BCUT2D eigenvalue weighted by atomic mass is 79.9. The van der Waals surface area contributed by atoms with Gasteiger partial charge < -0.3 is 10.6 Å². The first-order valence-electron chi connectivity index (χ1n) is 10.8. The fourth-order valence-corrected chi connectivity index (χ4v) is 5.05. The Morgan fingerprint density at radius 2 is 1.78 bits per heavy atom. The lowest BCUT2D eigenvalue weighted by molar-refractivity contribution is -0.140. The van der Waals surface area contributed by atoms with E-state index in [1.54, 1.807) is 6.07 Å². The van der Waals surface area contributed by atoms with Crippen molar-refractivity contribution in [3.05, 3.63) is 51.3 Å². The highest BCUT2D eigenvalue weighted by Crippen LogP contribution is 2.35. The molecule has 1 aliphatic carbocycles. The van der Waals surface area contributed by atoms with Crippen molar-refractivity contribution in [3.63, 3.8) is 0 Å². The smallest absolute Gasteiger partial charge is 0.382 e. The molecule has 0 bridgehead atoms. The number of fused-ring (bicyclic) bond motifs is 1. The molecule has 8 nitrogen and oxygen atoms in total. The van der Waals surface area contributed by atoms with Crippen molar-refractivity contribution in [2.75, 3.05) is 11.6 Å². The average Bonchev–Trinajstić information content (AvgIpc) is 2.79. The van der Waals surface area contributed by atoms with Crippen molar-refractivity contribution >= 4 is 59.9 Å². The summed E-state index contributed by atoms with van der Waals surface area (Å²) in [5.74, 6) is -0.546. The summed E-state index contributed by atoms with van der Waals surface area (Å²) in [6, 6.07) is 5.15. The second kappa shape index (κ2) is 10.1. The van der Waals surface area contributed by atoms with Gasteiger partial charge in [0.25, 0.3) is 5.91 Å². The first-order valence-corrected chi connectivity index (χ1v) is 13.8. The molecular formula is C22H20BrClF3N5O3S. The van der Waals surface area contributed by atoms with Crippen molar-refractivity contribution in [1.29, 1.82) is 0 Å². The first-order chi connectivity index (χ1) is 16.8. The quantitative estimate of drug-likeness (QED) is 0.392. The van der Waals surface area contributed by atoms with E-state index < -0.39 is 32.8 Å². The molecular weight excluding hydrogens is 587 g/mol. The van der Waals surface area contributed by atoms with E-state index in [0.717, 1.165) is 12.3 Å². The van der Waals surface area contributed by atoms with E-state index in [2.05, 4.69) is 41.5 Å². The summed E-state index contributed by atoms with van der Waals surface area (Å²) in [5, 5.41) is 6.46. The maximum absolute atomic E-state index is 13.4. The second-order valence-electron chi connectivity index (χ2n) is 8.50. The lowest BCUT2D eigenvalue weighted by Crippen LogP contribution is -2.40. The normalized spacial score (nSPS) is 18.7. The summed E-state index contributed by atoms with van der Waals surface area (Å²) in [6.07, 6.45) is -0.170. The van der Waals surface area contributed by atoms with Crippen LogP contribution in [0.25, 0.3) is 10.9 Å². The lowest BCUT2D eigenvalue weighted by Gasteiger charge is -2.30. The lowest BCUT2D eigenvalue weighted by atomic mass is 9.90. The molecule has 2 heterocycles. The van der Waals surface area contributed by atoms with Crippen LogP contribution in [0, 0.1) is 0 Å². The molecule has 0 aliphatic heterocycles. The molecule has 1 aromatic carbocycles. The van der Waals surface area contributed by atoms with Crippen LogP contribution in [0.2, 0.25) is 5.02 Å². The minimum absolute atomic E-state index is 0.0921. The Hall–Kier alpha value is -2.51. The molecule has 3 aromatic rings. The van der Waals surface area contributed by atoms with Crippen LogP contribution in [-0.2, 0) is 16.0 Å². The zero-order chi connectivity index (χ0) is 26.3. The molecule has 14 heteroatoms. The van der Waals surface area contributed by atoms with E-state index in [9.17, 15) is 26.4 Å². The number of halogens is 5. The summed E-state index contributed by atoms with van der Waals surface area (Å²) in [5.41, 5.74) is -0.614. The van der Waals surface area contributed by atoms with Crippen LogP contribution in [0.5, 0.6) is 0 Å². The van der Waals surface area contributed by atoms with Gasteiger partial charge in [-0.1, -0.05) is 11.6 Å². The Kier molecular flexibility index (Phi) is 7.45. The minimum Gasteiger partial charge on any atom is -0.382 e. The minimum atomic E-state index is -4.60. The van der Waals surface area contributed by atoms with Gasteiger partial charge in [-0.15, -0.1) is 0 Å². The van der Waals surface area contributed by atoms with Crippen molar-refractivity contribution in [2.45, 2.75) is 49.1 Å². The van der Waals surface area contributed by atoms with Gasteiger partial charge in [-0.05, 0) is 65.9 Å². The molecule has 0 radical (unpaired) electrons. The predicted molar refractivity (Wildman–Crippen MR) is 132 cm³/mol. The molecule has 0 unspecified atom stereocenters. The summed E-state index contributed by atoms with van der Waals surface area (Å²) >= 11 is 9.23. The van der Waals surface area contributed by atoms with Gasteiger partial charge in [-0.3, -0.25) is 4.79 Å². The molecule has 0 spiro atoms. The summed E-state index contributed by atoms with van der Waals surface area (Å²) in [6.45, 7) is 0. The van der Waals surface area contributed by atoms with Crippen molar-refractivity contribution in [1.82, 2.24) is 20.3 Å². The molecule has 2 aromatic heterocycles. The average molecular weight is 607 g/mol. The highest BCUT2D eigenvalue weighted by Gasteiger charge is 2.34. The van der Waals surface area contributed by atoms with E-state index in [0.29, 0.717) is 41.8 Å². The van der Waals surface area contributed by atoms with E-state index in [1.807, 2.05) is 0 Å². The number of nitrogens with one attached hydrogen (secondary N) is 2. The van der Waals surface area contributed by atoms with Crippen LogP contribution < -0.4 is 10.6 Å². The Labute approximate surface area is 218 Å². The number of anilines is 1. The number of hydrogen-bond donors (Lipinski definition) is 2. The van der Waals surface area contributed by atoms with Gasteiger partial charge in [0.1, 0.15) is 11.4 Å². The molecule has 4 rings (SSSR count). The molecule has 1 aliphatic rings. The zero-order valence-corrected chi connectivity index (χ0v) is 21.9. The number of hydrogen-bond acceptors (Lipinski definition) is 7. The number of amides is 1. The van der Waals surface area contributed by atoms with Gasteiger partial charge in [-0.25, -0.2) is 23.4 Å². The van der Waals surface area contributed by atoms with Crippen molar-refractivity contribution < 1.29 is 26.4 Å². The fourth-order valence-electron chi connectivity index (χ4n) is 4.01. The molecule has 0 saturated heterocycles. The van der Waals surface area contributed by atoms with Crippen LogP contribution >= 0.6 is 27.5 Å². The van der Waals surface area contributed by atoms with Crippen LogP contribution in [0.3, 0.4) is 0 Å². The van der Waals surface area contributed by atoms with E-state index in [1.165, 1.54) is 18.3 Å². The SMILES string of the molecule is CS(=O)(=O)c1ncc(Br)c(C(=O)NC2CCC(Nc3cc(C(F)(F)F)nc4ccc(Cl)cc34)CC2)n1. The zero-order valence-electron chi connectivity index (χ0n) is 18.7. The number of nitrogens with zero attached hydrogens (tertiary/aromatic N) is 3. The Morgan fingerprint density at radius 1 is 1.11 bits per heavy atom. The van der Waals surface area contributed by atoms with Gasteiger partial charge in [0, 0.05) is 40.6 Å². The standard InChI is InChI=1S/C22H20BrClF3N5O3S/c1-36(34,35)21-28-10-15(23)19(32-21)20(33)30-13-5-3-12(4-6-13)29-17-9-18(22(25,26)27)31-16-7-2-11(24)8-14(16)17/h2,7-10,12-13H,3-6H2,1H3,(H,29,31)(H,30,33). The number of aromatic nitrogens is 3. The van der Waals surface area contributed by atoms with Crippen LogP contribution in [0.1, 0.15) is 41.9 Å². The van der Waals surface area contributed by atoms with E-state index in [-0.39, 0.29) is 27.8 Å². The number of rotatable bonds is 5. The summed E-state index contributed by atoms with van der Waals surface area (Å²) in [7, 11) is -3.69. The van der Waals surface area contributed by atoms with Crippen molar-refractivity contribution in [2.24, 2.45) is 0 Å².